The van der Waals surface area contributed by atoms with E-state index in [1.807, 2.05) is 36.4 Å². The molecule has 0 radical (unpaired) electrons. The maximum Gasteiger partial charge on any atom is 0.346 e. The number of benzene rings is 2. The van der Waals surface area contributed by atoms with Crippen LogP contribution in [-0.2, 0) is 0 Å². The summed E-state index contributed by atoms with van der Waals surface area (Å²) < 4.78 is 0. The Morgan fingerprint density at radius 2 is 2.04 bits per heavy atom. The van der Waals surface area contributed by atoms with Gasteiger partial charge in [0.25, 0.3) is 5.69 Å². The molecule has 0 aromatic heterocycles. The average molecular weight is 335 g/mol. The van der Waals surface area contributed by atoms with Gasteiger partial charge in [0, 0.05) is 29.6 Å². The number of nitro benzene ring substituents is 1. The summed E-state index contributed by atoms with van der Waals surface area (Å²) in [6.07, 6.45) is 5.39. The Morgan fingerprint density at radius 1 is 1.20 bits per heavy atom. The largest absolute Gasteiger partial charge is 0.346 e. The molecule has 0 spiro atoms. The number of para-hydroxylation sites is 1. The van der Waals surface area contributed by atoms with Crippen molar-refractivity contribution in [3.63, 3.8) is 0 Å². The highest BCUT2D eigenvalue weighted by Crippen LogP contribution is 2.42. The van der Waals surface area contributed by atoms with Crippen LogP contribution in [0, 0.1) is 10.1 Å². The van der Waals surface area contributed by atoms with E-state index in [2.05, 4.69) is 10.4 Å². The summed E-state index contributed by atoms with van der Waals surface area (Å²) in [5.41, 5.74) is 1.94. The van der Waals surface area contributed by atoms with Gasteiger partial charge in [0.05, 0.1) is 10.6 Å². The Kier molecular flexibility index (Phi) is 3.42. The van der Waals surface area contributed by atoms with E-state index >= 15 is 0 Å². The molecule has 1 N–H and O–H groups in total. The number of urea groups is 1. The molecule has 0 aliphatic carbocycles. The minimum absolute atomic E-state index is 0.0866. The van der Waals surface area contributed by atoms with Gasteiger partial charge in [0.15, 0.2) is 0 Å². The van der Waals surface area contributed by atoms with Crippen LogP contribution >= 0.6 is 0 Å². The van der Waals surface area contributed by atoms with Crippen LogP contribution in [0.25, 0.3) is 0 Å². The maximum atomic E-state index is 12.8. The third-order valence-corrected chi connectivity index (χ3v) is 4.00. The number of nitro groups is 1. The van der Waals surface area contributed by atoms with Gasteiger partial charge in [-0.3, -0.25) is 10.1 Å². The number of carbonyl (C=O) groups excluding carboxylic acids is 1. The van der Waals surface area contributed by atoms with Gasteiger partial charge in [-0.2, -0.15) is 15.2 Å². The molecule has 4 rings (SSSR count). The second kappa shape index (κ2) is 5.75. The van der Waals surface area contributed by atoms with Crippen molar-refractivity contribution in [2.75, 3.05) is 10.3 Å². The lowest BCUT2D eigenvalue weighted by atomic mass is 10.1. The number of amides is 2. The number of carbonyl (C=O) groups is 1. The molecule has 1 atom stereocenters. The molecule has 2 heterocycles. The van der Waals surface area contributed by atoms with Gasteiger partial charge >= 0.3 is 6.03 Å². The van der Waals surface area contributed by atoms with Crippen LogP contribution in [0.4, 0.5) is 21.9 Å². The quantitative estimate of drug-likeness (QED) is 0.672. The Hall–Kier alpha value is -3.68. The zero-order chi connectivity index (χ0) is 17.4. The van der Waals surface area contributed by atoms with Crippen LogP contribution in [0.15, 0.2) is 65.8 Å². The second-order valence-corrected chi connectivity index (χ2v) is 5.52. The molecule has 25 heavy (non-hydrogen) atoms. The van der Waals surface area contributed by atoms with E-state index in [4.69, 9.17) is 0 Å². The minimum Gasteiger partial charge on any atom is -0.306 e. The topological polar surface area (TPSA) is 91.1 Å². The van der Waals surface area contributed by atoms with Crippen molar-refractivity contribution in [2.24, 2.45) is 5.10 Å². The van der Waals surface area contributed by atoms with Gasteiger partial charge in [-0.25, -0.2) is 4.79 Å². The van der Waals surface area contributed by atoms with Gasteiger partial charge in [-0.15, -0.1) is 0 Å². The van der Waals surface area contributed by atoms with Crippen LogP contribution < -0.4 is 10.3 Å². The maximum absolute atomic E-state index is 12.8. The molecule has 2 aromatic carbocycles. The predicted octanol–water partition coefficient (Wildman–Crippen LogP) is 3.46. The molecule has 8 heteroatoms. The van der Waals surface area contributed by atoms with Gasteiger partial charge in [0.1, 0.15) is 6.04 Å². The summed E-state index contributed by atoms with van der Waals surface area (Å²) in [5, 5.41) is 20.9. The molecule has 0 fully saturated rings. The number of nitrogens with zero attached hydrogens (tertiary/aromatic N) is 4. The number of non-ortho nitro benzene ring substituents is 1. The van der Waals surface area contributed by atoms with Crippen LogP contribution in [0.1, 0.15) is 11.6 Å². The fourth-order valence-corrected chi connectivity index (χ4v) is 2.93. The fraction of sp³-hybridized carbons (Fsp3) is 0.0588. The van der Waals surface area contributed by atoms with Gasteiger partial charge in [-0.05, 0) is 18.2 Å². The van der Waals surface area contributed by atoms with Gasteiger partial charge < -0.3 is 5.32 Å². The number of hydrogen-bond donors (Lipinski definition) is 1. The summed E-state index contributed by atoms with van der Waals surface area (Å²) in [5.74, 6) is 0. The lowest BCUT2D eigenvalue weighted by Gasteiger charge is -2.29. The van der Waals surface area contributed by atoms with E-state index in [9.17, 15) is 14.9 Å². The molecule has 8 nitrogen and oxygen atoms in total. The Labute approximate surface area is 142 Å². The Bertz CT molecular complexity index is 924. The summed E-state index contributed by atoms with van der Waals surface area (Å²) in [6, 6.07) is 12.7. The van der Waals surface area contributed by atoms with Crippen molar-refractivity contribution in [1.29, 1.82) is 0 Å². The molecule has 2 amide bonds. The predicted molar refractivity (Wildman–Crippen MR) is 93.2 cm³/mol. The van der Waals surface area contributed by atoms with Crippen molar-refractivity contribution < 1.29 is 9.72 Å². The van der Waals surface area contributed by atoms with Crippen LogP contribution in [-0.4, -0.2) is 22.3 Å². The summed E-state index contributed by atoms with van der Waals surface area (Å²) >= 11 is 0. The summed E-state index contributed by atoms with van der Waals surface area (Å²) in [6.45, 7) is 0. The molecule has 0 bridgehead atoms. The van der Waals surface area contributed by atoms with Crippen molar-refractivity contribution in [3.05, 3.63) is 76.4 Å². The first-order chi connectivity index (χ1) is 12.1. The Balaban J connectivity index is 1.66. The van der Waals surface area contributed by atoms with Crippen molar-refractivity contribution in [3.8, 4) is 0 Å². The normalized spacial score (nSPS) is 17.2. The number of fused-ring (bicyclic) bond motifs is 3. The van der Waals surface area contributed by atoms with E-state index in [1.165, 1.54) is 23.2 Å². The molecule has 124 valence electrons. The third-order valence-electron chi connectivity index (χ3n) is 4.00. The number of hydrazine groups is 1. The van der Waals surface area contributed by atoms with E-state index in [0.29, 0.717) is 5.69 Å². The monoisotopic (exact) mass is 335 g/mol. The average Bonchev–Trinajstić information content (AvgIpc) is 2.96. The van der Waals surface area contributed by atoms with Crippen molar-refractivity contribution >= 4 is 29.3 Å². The van der Waals surface area contributed by atoms with Crippen LogP contribution in [0.5, 0.6) is 0 Å². The smallest absolute Gasteiger partial charge is 0.306 e. The lowest BCUT2D eigenvalue weighted by Crippen LogP contribution is -2.43. The molecule has 1 unspecified atom stereocenters. The number of allylic oxidation sites excluding steroid dienone is 1. The zero-order valence-corrected chi connectivity index (χ0v) is 12.9. The molecule has 2 aliphatic heterocycles. The fourth-order valence-electron chi connectivity index (χ4n) is 2.93. The zero-order valence-electron chi connectivity index (χ0n) is 12.9. The molecule has 0 saturated carbocycles. The van der Waals surface area contributed by atoms with E-state index in [0.717, 1.165) is 11.3 Å². The highest BCUT2D eigenvalue weighted by atomic mass is 16.6. The number of hydrazone groups is 1. The lowest BCUT2D eigenvalue weighted by molar-refractivity contribution is -0.384. The summed E-state index contributed by atoms with van der Waals surface area (Å²) in [7, 11) is 0. The van der Waals surface area contributed by atoms with Crippen molar-refractivity contribution in [1.82, 2.24) is 5.12 Å². The van der Waals surface area contributed by atoms with Crippen LogP contribution in [0.3, 0.4) is 0 Å². The SMILES string of the molecule is O=C(Nc1cccc([N+](=O)[O-])c1)N1c2ccccc2C2C=CC=NN21. The molecular formula is C17H13N5O3. The standard InChI is InChI=1S/C17H13N5O3/c23-17(19-12-5-3-6-13(11-12)22(24)25)20-15-8-2-1-7-14(15)16-9-4-10-18-21(16)20/h1-11,16H,(H,19,23). The van der Waals surface area contributed by atoms with Crippen molar-refractivity contribution in [2.45, 2.75) is 6.04 Å². The number of rotatable bonds is 2. The first-order valence-electron chi connectivity index (χ1n) is 7.59. The number of anilines is 2. The Morgan fingerprint density at radius 3 is 2.88 bits per heavy atom. The minimum atomic E-state index is -0.503. The van der Waals surface area contributed by atoms with Gasteiger partial charge in [-0.1, -0.05) is 30.3 Å². The highest BCUT2D eigenvalue weighted by molar-refractivity contribution is 6.03. The van der Waals surface area contributed by atoms with E-state index in [1.54, 1.807) is 17.4 Å². The first-order valence-corrected chi connectivity index (χ1v) is 7.59. The first kappa shape index (κ1) is 14.9. The molecule has 2 aromatic rings. The summed E-state index contributed by atoms with van der Waals surface area (Å²) in [4.78, 5) is 23.2. The molecule has 0 saturated heterocycles. The van der Waals surface area contributed by atoms with Gasteiger partial charge in [0.2, 0.25) is 0 Å². The van der Waals surface area contributed by atoms with E-state index < -0.39 is 11.0 Å². The number of nitrogens with one attached hydrogen (secondary N) is 1. The highest BCUT2D eigenvalue weighted by Gasteiger charge is 2.39. The second-order valence-electron chi connectivity index (χ2n) is 5.52. The molecule has 2 aliphatic rings. The van der Waals surface area contributed by atoms with Crippen LogP contribution in [0.2, 0.25) is 0 Å². The van der Waals surface area contributed by atoms with E-state index in [-0.39, 0.29) is 11.7 Å². The molecular weight excluding hydrogens is 322 g/mol. The third kappa shape index (κ3) is 2.49. The number of hydrogen-bond acceptors (Lipinski definition) is 5.